The summed E-state index contributed by atoms with van der Waals surface area (Å²) in [6, 6.07) is 6.05. The summed E-state index contributed by atoms with van der Waals surface area (Å²) in [5.74, 6) is 0. The minimum atomic E-state index is 0.788. The van der Waals surface area contributed by atoms with Crippen LogP contribution in [0.15, 0.2) is 18.2 Å². The molecular formula is C10H15ClN2. The van der Waals surface area contributed by atoms with Gasteiger partial charge in [-0.25, -0.2) is 0 Å². The maximum Gasteiger partial charge on any atom is 0.0659 e. The maximum absolute atomic E-state index is 6.10. The summed E-state index contributed by atoms with van der Waals surface area (Å²) in [5, 5.41) is 0.788. The average molecular weight is 199 g/mol. The van der Waals surface area contributed by atoms with Crippen molar-refractivity contribution in [1.29, 1.82) is 0 Å². The molecule has 0 saturated carbocycles. The molecule has 0 aliphatic rings. The van der Waals surface area contributed by atoms with Crippen LogP contribution in [0.1, 0.15) is 0 Å². The fraction of sp³-hybridized carbons (Fsp3) is 0.400. The van der Waals surface area contributed by atoms with Crippen LogP contribution in [0.5, 0.6) is 0 Å². The predicted octanol–water partition coefficient (Wildman–Crippen LogP) is 2.47. The van der Waals surface area contributed by atoms with E-state index < -0.39 is 0 Å². The Bertz CT molecular complexity index is 295. The molecule has 2 nitrogen and oxygen atoms in total. The number of rotatable bonds is 2. The van der Waals surface area contributed by atoms with Crippen molar-refractivity contribution in [3.05, 3.63) is 23.2 Å². The number of nitrogens with zero attached hydrogens (tertiary/aromatic N) is 2. The summed E-state index contributed by atoms with van der Waals surface area (Å²) in [5.41, 5.74) is 2.17. The summed E-state index contributed by atoms with van der Waals surface area (Å²) in [6.45, 7) is 0. The van der Waals surface area contributed by atoms with Crippen molar-refractivity contribution in [2.45, 2.75) is 0 Å². The third-order valence-electron chi connectivity index (χ3n) is 1.93. The lowest BCUT2D eigenvalue weighted by Gasteiger charge is -2.18. The molecular weight excluding hydrogens is 184 g/mol. The van der Waals surface area contributed by atoms with Crippen molar-refractivity contribution in [3.63, 3.8) is 0 Å². The molecule has 3 heteroatoms. The molecule has 1 aromatic carbocycles. The van der Waals surface area contributed by atoms with Crippen LogP contribution >= 0.6 is 11.6 Å². The quantitative estimate of drug-likeness (QED) is 0.721. The molecule has 0 radical (unpaired) electrons. The van der Waals surface area contributed by atoms with Crippen molar-refractivity contribution >= 4 is 23.0 Å². The highest BCUT2D eigenvalue weighted by atomic mass is 35.5. The molecule has 0 saturated heterocycles. The minimum absolute atomic E-state index is 0.788. The Balaban J connectivity index is 3.06. The van der Waals surface area contributed by atoms with Crippen molar-refractivity contribution < 1.29 is 0 Å². The Kier molecular flexibility index (Phi) is 3.04. The van der Waals surface area contributed by atoms with Crippen LogP contribution in [0.4, 0.5) is 11.4 Å². The standard InChI is InChI=1S/C10H15ClN2/c1-12(2)8-5-6-10(13(3)4)9(11)7-8/h5-7H,1-4H3. The molecule has 0 atom stereocenters. The topological polar surface area (TPSA) is 6.48 Å². The second kappa shape index (κ2) is 3.88. The molecule has 0 unspecified atom stereocenters. The van der Waals surface area contributed by atoms with E-state index in [1.54, 1.807) is 0 Å². The van der Waals surface area contributed by atoms with Crippen LogP contribution in [0.2, 0.25) is 5.02 Å². The SMILES string of the molecule is CN(C)c1ccc(N(C)C)c(Cl)c1. The van der Waals surface area contributed by atoms with Gasteiger partial charge in [-0.05, 0) is 18.2 Å². The summed E-state index contributed by atoms with van der Waals surface area (Å²) in [7, 11) is 7.97. The van der Waals surface area contributed by atoms with Gasteiger partial charge in [0.2, 0.25) is 0 Å². The lowest BCUT2D eigenvalue weighted by molar-refractivity contribution is 1.11. The highest BCUT2D eigenvalue weighted by Gasteiger charge is 2.03. The Morgan fingerprint density at radius 1 is 1.00 bits per heavy atom. The Hall–Kier alpha value is -0.890. The van der Waals surface area contributed by atoms with Gasteiger partial charge in [-0.3, -0.25) is 0 Å². The van der Waals surface area contributed by atoms with E-state index in [1.165, 1.54) is 0 Å². The van der Waals surface area contributed by atoms with Gasteiger partial charge >= 0.3 is 0 Å². The zero-order chi connectivity index (χ0) is 10.0. The lowest BCUT2D eigenvalue weighted by atomic mass is 10.2. The molecule has 0 aromatic heterocycles. The van der Waals surface area contributed by atoms with Crippen LogP contribution in [-0.2, 0) is 0 Å². The van der Waals surface area contributed by atoms with E-state index in [4.69, 9.17) is 11.6 Å². The maximum atomic E-state index is 6.10. The van der Waals surface area contributed by atoms with Gasteiger partial charge in [0.05, 0.1) is 10.7 Å². The zero-order valence-corrected chi connectivity index (χ0v) is 9.26. The van der Waals surface area contributed by atoms with E-state index in [0.29, 0.717) is 0 Å². The number of anilines is 2. The predicted molar refractivity (Wildman–Crippen MR) is 60.1 cm³/mol. The van der Waals surface area contributed by atoms with Crippen molar-refractivity contribution in [2.75, 3.05) is 38.0 Å². The molecule has 0 spiro atoms. The zero-order valence-electron chi connectivity index (χ0n) is 8.50. The Labute approximate surface area is 84.7 Å². The van der Waals surface area contributed by atoms with Crippen molar-refractivity contribution in [3.8, 4) is 0 Å². The fourth-order valence-electron chi connectivity index (χ4n) is 1.14. The van der Waals surface area contributed by atoms with Crippen LogP contribution in [0.3, 0.4) is 0 Å². The third kappa shape index (κ3) is 2.28. The Morgan fingerprint density at radius 2 is 1.62 bits per heavy atom. The van der Waals surface area contributed by atoms with E-state index in [2.05, 4.69) is 6.07 Å². The average Bonchev–Trinajstić information content (AvgIpc) is 2.03. The molecule has 0 heterocycles. The fourth-order valence-corrected chi connectivity index (χ4v) is 1.48. The van der Waals surface area contributed by atoms with Gasteiger partial charge < -0.3 is 9.80 Å². The van der Waals surface area contributed by atoms with Gasteiger partial charge in [0, 0.05) is 33.9 Å². The lowest BCUT2D eigenvalue weighted by Crippen LogP contribution is -2.11. The molecule has 1 aromatic rings. The van der Waals surface area contributed by atoms with Gasteiger partial charge in [-0.1, -0.05) is 11.6 Å². The van der Waals surface area contributed by atoms with E-state index >= 15 is 0 Å². The molecule has 0 aliphatic heterocycles. The van der Waals surface area contributed by atoms with Gasteiger partial charge in [0.25, 0.3) is 0 Å². The molecule has 13 heavy (non-hydrogen) atoms. The molecule has 0 aliphatic carbocycles. The van der Waals surface area contributed by atoms with Crippen LogP contribution in [-0.4, -0.2) is 28.2 Å². The molecule has 0 amide bonds. The van der Waals surface area contributed by atoms with E-state index in [-0.39, 0.29) is 0 Å². The molecule has 0 N–H and O–H groups in total. The Morgan fingerprint density at radius 3 is 2.00 bits per heavy atom. The highest BCUT2D eigenvalue weighted by Crippen LogP contribution is 2.28. The second-order valence-corrected chi connectivity index (χ2v) is 3.83. The first kappa shape index (κ1) is 10.2. The first-order valence-corrected chi connectivity index (χ1v) is 4.54. The van der Waals surface area contributed by atoms with Gasteiger partial charge in [0.15, 0.2) is 0 Å². The molecule has 72 valence electrons. The summed E-state index contributed by atoms with van der Waals surface area (Å²) < 4.78 is 0. The highest BCUT2D eigenvalue weighted by molar-refractivity contribution is 6.33. The monoisotopic (exact) mass is 198 g/mol. The van der Waals surface area contributed by atoms with Gasteiger partial charge in [0.1, 0.15) is 0 Å². The first-order chi connectivity index (χ1) is 6.02. The van der Waals surface area contributed by atoms with Crippen LogP contribution in [0, 0.1) is 0 Å². The van der Waals surface area contributed by atoms with E-state index in [9.17, 15) is 0 Å². The first-order valence-electron chi connectivity index (χ1n) is 4.16. The number of hydrogen-bond acceptors (Lipinski definition) is 2. The molecule has 0 fully saturated rings. The molecule has 0 bridgehead atoms. The summed E-state index contributed by atoms with van der Waals surface area (Å²) >= 11 is 6.10. The number of halogens is 1. The minimum Gasteiger partial charge on any atom is -0.378 e. The van der Waals surface area contributed by atoms with Crippen molar-refractivity contribution in [2.24, 2.45) is 0 Å². The molecule has 1 rings (SSSR count). The summed E-state index contributed by atoms with van der Waals surface area (Å²) in [4.78, 5) is 4.03. The number of benzene rings is 1. The number of hydrogen-bond donors (Lipinski definition) is 0. The van der Waals surface area contributed by atoms with Crippen LogP contribution < -0.4 is 9.80 Å². The van der Waals surface area contributed by atoms with Gasteiger partial charge in [-0.2, -0.15) is 0 Å². The second-order valence-electron chi connectivity index (χ2n) is 3.42. The summed E-state index contributed by atoms with van der Waals surface area (Å²) in [6.07, 6.45) is 0. The van der Waals surface area contributed by atoms with Gasteiger partial charge in [-0.15, -0.1) is 0 Å². The van der Waals surface area contributed by atoms with Crippen LogP contribution in [0.25, 0.3) is 0 Å². The van der Waals surface area contributed by atoms with Crippen molar-refractivity contribution in [1.82, 2.24) is 0 Å². The largest absolute Gasteiger partial charge is 0.378 e. The van der Waals surface area contributed by atoms with E-state index in [0.717, 1.165) is 16.4 Å². The van der Waals surface area contributed by atoms with E-state index in [1.807, 2.05) is 50.1 Å². The normalized spacial score (nSPS) is 9.92. The smallest absolute Gasteiger partial charge is 0.0659 e. The third-order valence-corrected chi connectivity index (χ3v) is 2.23.